The molecule has 2 aromatic rings. The Kier molecular flexibility index (Phi) is 5.34. The molecule has 0 unspecified atom stereocenters. The SMILES string of the molecule is COCCNCc1ccc(-n2cc(Cl)c(C)n2)c(C#N)c1. The van der Waals surface area contributed by atoms with E-state index >= 15 is 0 Å². The number of methoxy groups -OCH3 is 1. The van der Waals surface area contributed by atoms with Crippen LogP contribution in [0.4, 0.5) is 0 Å². The van der Waals surface area contributed by atoms with E-state index in [0.29, 0.717) is 23.7 Å². The molecule has 1 N–H and O–H groups in total. The quantitative estimate of drug-likeness (QED) is 0.833. The van der Waals surface area contributed by atoms with Gasteiger partial charge in [0.1, 0.15) is 6.07 Å². The molecule has 0 spiro atoms. The van der Waals surface area contributed by atoms with Gasteiger partial charge in [-0.1, -0.05) is 17.7 Å². The van der Waals surface area contributed by atoms with Gasteiger partial charge in [0.05, 0.1) is 28.6 Å². The van der Waals surface area contributed by atoms with Crippen molar-refractivity contribution in [1.82, 2.24) is 15.1 Å². The molecule has 0 aliphatic rings. The first-order chi connectivity index (χ1) is 10.2. The topological polar surface area (TPSA) is 62.9 Å². The molecule has 6 heteroatoms. The van der Waals surface area contributed by atoms with Crippen LogP contribution in [0.1, 0.15) is 16.8 Å². The van der Waals surface area contributed by atoms with Crippen LogP contribution in [0, 0.1) is 18.3 Å². The maximum atomic E-state index is 9.33. The molecule has 0 saturated carbocycles. The summed E-state index contributed by atoms with van der Waals surface area (Å²) >= 11 is 6.02. The first-order valence-electron chi connectivity index (χ1n) is 6.60. The number of aromatic nitrogens is 2. The molecular weight excluding hydrogens is 288 g/mol. The molecule has 1 aromatic carbocycles. The van der Waals surface area contributed by atoms with Gasteiger partial charge in [0.25, 0.3) is 0 Å². The van der Waals surface area contributed by atoms with Crippen LogP contribution in [0.2, 0.25) is 5.02 Å². The fourth-order valence-electron chi connectivity index (χ4n) is 1.95. The maximum Gasteiger partial charge on any atom is 0.101 e. The lowest BCUT2D eigenvalue weighted by Crippen LogP contribution is -2.18. The zero-order chi connectivity index (χ0) is 15.2. The second-order valence-corrected chi connectivity index (χ2v) is 5.05. The molecule has 0 saturated heterocycles. The highest BCUT2D eigenvalue weighted by molar-refractivity contribution is 6.31. The number of hydrogen-bond acceptors (Lipinski definition) is 4. The zero-order valence-electron chi connectivity index (χ0n) is 12.1. The van der Waals surface area contributed by atoms with Gasteiger partial charge in [-0.25, -0.2) is 4.68 Å². The minimum Gasteiger partial charge on any atom is -0.383 e. The molecule has 110 valence electrons. The van der Waals surface area contributed by atoms with Crippen LogP contribution in [0.5, 0.6) is 0 Å². The number of benzene rings is 1. The van der Waals surface area contributed by atoms with Gasteiger partial charge < -0.3 is 10.1 Å². The molecule has 0 aliphatic heterocycles. The number of nitriles is 1. The van der Waals surface area contributed by atoms with Crippen LogP contribution in [-0.2, 0) is 11.3 Å². The van der Waals surface area contributed by atoms with Gasteiger partial charge in [-0.15, -0.1) is 0 Å². The normalized spacial score (nSPS) is 10.6. The van der Waals surface area contributed by atoms with Crippen molar-refractivity contribution in [2.24, 2.45) is 0 Å². The second kappa shape index (κ2) is 7.23. The minimum atomic E-state index is 0.570. The van der Waals surface area contributed by atoms with E-state index in [4.69, 9.17) is 16.3 Å². The Balaban J connectivity index is 2.19. The molecule has 0 bridgehead atoms. The van der Waals surface area contributed by atoms with Gasteiger partial charge in [0.2, 0.25) is 0 Å². The Labute approximate surface area is 129 Å². The summed E-state index contributed by atoms with van der Waals surface area (Å²) in [6.45, 7) is 3.96. The molecule has 0 amide bonds. The molecule has 1 heterocycles. The number of halogens is 1. The van der Waals surface area contributed by atoms with Crippen LogP contribution in [-0.4, -0.2) is 30.0 Å². The van der Waals surface area contributed by atoms with E-state index in [2.05, 4.69) is 16.5 Å². The first-order valence-corrected chi connectivity index (χ1v) is 6.98. The summed E-state index contributed by atoms with van der Waals surface area (Å²) in [7, 11) is 1.67. The van der Waals surface area contributed by atoms with Crippen molar-refractivity contribution in [3.05, 3.63) is 46.2 Å². The van der Waals surface area contributed by atoms with E-state index in [1.807, 2.05) is 25.1 Å². The van der Waals surface area contributed by atoms with Crippen LogP contribution < -0.4 is 5.32 Å². The third-order valence-corrected chi connectivity index (χ3v) is 3.45. The first kappa shape index (κ1) is 15.5. The third kappa shape index (κ3) is 3.82. The molecule has 0 aliphatic carbocycles. The summed E-state index contributed by atoms with van der Waals surface area (Å²) in [5.41, 5.74) is 3.08. The molecule has 5 nitrogen and oxygen atoms in total. The van der Waals surface area contributed by atoms with Gasteiger partial charge >= 0.3 is 0 Å². The lowest BCUT2D eigenvalue weighted by molar-refractivity contribution is 0.199. The number of rotatable bonds is 6. The second-order valence-electron chi connectivity index (χ2n) is 4.64. The van der Waals surface area contributed by atoms with Crippen molar-refractivity contribution in [2.45, 2.75) is 13.5 Å². The Hall–Kier alpha value is -1.87. The zero-order valence-corrected chi connectivity index (χ0v) is 12.8. The third-order valence-electron chi connectivity index (χ3n) is 3.08. The Morgan fingerprint density at radius 3 is 2.90 bits per heavy atom. The Bertz CT molecular complexity index is 641. The standard InChI is InChI=1S/C15H17ClN4O/c1-11-14(16)10-20(19-11)15-4-3-12(7-13(15)8-17)9-18-5-6-21-2/h3-4,7,10,18H,5-6,9H2,1-2H3. The molecule has 0 fully saturated rings. The van der Waals surface area contributed by atoms with E-state index in [1.54, 1.807) is 18.0 Å². The van der Waals surface area contributed by atoms with Crippen molar-refractivity contribution in [3.8, 4) is 11.8 Å². The van der Waals surface area contributed by atoms with Crippen LogP contribution in [0.3, 0.4) is 0 Å². The molecule has 1 aromatic heterocycles. The largest absolute Gasteiger partial charge is 0.383 e. The summed E-state index contributed by atoms with van der Waals surface area (Å²) < 4.78 is 6.61. The summed E-state index contributed by atoms with van der Waals surface area (Å²) in [5.74, 6) is 0. The summed E-state index contributed by atoms with van der Waals surface area (Å²) in [5, 5.41) is 17.5. The van der Waals surface area contributed by atoms with Crippen molar-refractivity contribution in [2.75, 3.05) is 20.3 Å². The minimum absolute atomic E-state index is 0.570. The summed E-state index contributed by atoms with van der Waals surface area (Å²) in [6.07, 6.45) is 1.71. The molecular formula is C15H17ClN4O. The maximum absolute atomic E-state index is 9.33. The molecule has 2 rings (SSSR count). The summed E-state index contributed by atoms with van der Waals surface area (Å²) in [6, 6.07) is 7.93. The highest BCUT2D eigenvalue weighted by atomic mass is 35.5. The van der Waals surface area contributed by atoms with E-state index in [9.17, 15) is 5.26 Å². The van der Waals surface area contributed by atoms with Crippen molar-refractivity contribution < 1.29 is 4.74 Å². The van der Waals surface area contributed by atoms with Gasteiger partial charge in [-0.3, -0.25) is 0 Å². The lowest BCUT2D eigenvalue weighted by Gasteiger charge is -2.08. The smallest absolute Gasteiger partial charge is 0.101 e. The monoisotopic (exact) mass is 304 g/mol. The average molecular weight is 305 g/mol. The predicted octanol–water partition coefficient (Wildman–Crippen LogP) is 2.44. The van der Waals surface area contributed by atoms with Crippen LogP contribution in [0.25, 0.3) is 5.69 Å². The average Bonchev–Trinajstić information content (AvgIpc) is 2.83. The van der Waals surface area contributed by atoms with Gasteiger partial charge in [-0.05, 0) is 24.6 Å². The van der Waals surface area contributed by atoms with E-state index in [1.165, 1.54) is 0 Å². The van der Waals surface area contributed by atoms with Crippen molar-refractivity contribution in [3.63, 3.8) is 0 Å². The van der Waals surface area contributed by atoms with Crippen LogP contribution in [0.15, 0.2) is 24.4 Å². The van der Waals surface area contributed by atoms with Crippen molar-refractivity contribution >= 4 is 11.6 Å². The fraction of sp³-hybridized carbons (Fsp3) is 0.333. The number of aryl methyl sites for hydroxylation is 1. The highest BCUT2D eigenvalue weighted by Gasteiger charge is 2.09. The number of ether oxygens (including phenoxy) is 1. The molecule has 21 heavy (non-hydrogen) atoms. The molecule has 0 radical (unpaired) electrons. The van der Waals surface area contributed by atoms with E-state index in [0.717, 1.165) is 23.5 Å². The van der Waals surface area contributed by atoms with Gasteiger partial charge in [-0.2, -0.15) is 10.4 Å². The Morgan fingerprint density at radius 2 is 2.29 bits per heavy atom. The molecule has 0 atom stereocenters. The van der Waals surface area contributed by atoms with E-state index < -0.39 is 0 Å². The van der Waals surface area contributed by atoms with Crippen LogP contribution >= 0.6 is 11.6 Å². The summed E-state index contributed by atoms with van der Waals surface area (Å²) in [4.78, 5) is 0. The predicted molar refractivity (Wildman–Crippen MR) is 81.6 cm³/mol. The lowest BCUT2D eigenvalue weighted by atomic mass is 10.1. The number of hydrogen-bond donors (Lipinski definition) is 1. The van der Waals surface area contributed by atoms with Gasteiger partial charge in [0, 0.05) is 26.4 Å². The van der Waals surface area contributed by atoms with Crippen molar-refractivity contribution in [1.29, 1.82) is 5.26 Å². The highest BCUT2D eigenvalue weighted by Crippen LogP contribution is 2.20. The number of nitrogens with zero attached hydrogens (tertiary/aromatic N) is 3. The van der Waals surface area contributed by atoms with E-state index in [-0.39, 0.29) is 0 Å². The fourth-order valence-corrected chi connectivity index (χ4v) is 2.08. The number of nitrogens with one attached hydrogen (secondary N) is 1. The Morgan fingerprint density at radius 1 is 1.48 bits per heavy atom. The van der Waals surface area contributed by atoms with Gasteiger partial charge in [0.15, 0.2) is 0 Å².